The number of para-hydroxylation sites is 4. The molecule has 1 fully saturated rings. The third-order valence-corrected chi connectivity index (χ3v) is 17.1. The smallest absolute Gasteiger partial charge is 0.399 e. The molecule has 0 radical (unpaired) electrons. The molecule has 1 aliphatic heterocycles. The zero-order valence-corrected chi connectivity index (χ0v) is 49.6. The summed E-state index contributed by atoms with van der Waals surface area (Å²) in [5.74, 6) is 0. The van der Waals surface area contributed by atoms with E-state index in [9.17, 15) is 0 Å². The van der Waals surface area contributed by atoms with Crippen molar-refractivity contribution in [1.82, 2.24) is 28.2 Å². The van der Waals surface area contributed by atoms with Crippen LogP contribution in [0.3, 0.4) is 0 Å². The van der Waals surface area contributed by atoms with Crippen molar-refractivity contribution in [2.45, 2.75) is 38.9 Å². The normalized spacial score (nSPS) is 13.8. The summed E-state index contributed by atoms with van der Waals surface area (Å²) < 4.78 is 25.1. The minimum absolute atomic E-state index is 0.378. The first-order chi connectivity index (χ1) is 38.9. The minimum Gasteiger partial charge on any atom is -0.399 e. The van der Waals surface area contributed by atoms with E-state index in [1.54, 1.807) is 6.20 Å². The summed E-state index contributed by atoms with van der Waals surface area (Å²) in [4.78, 5) is 8.65. The molecule has 0 aliphatic carbocycles. The number of nitrogens with zero attached hydrogens (tertiary/aromatic N) is 6. The van der Waals surface area contributed by atoms with Gasteiger partial charge in [0.2, 0.25) is 0 Å². The fourth-order valence-electron chi connectivity index (χ4n) is 11.0. The van der Waals surface area contributed by atoms with Gasteiger partial charge in [-0.2, -0.15) is 0 Å². The first kappa shape index (κ1) is 51.8. The molecule has 0 N–H and O–H groups in total. The summed E-state index contributed by atoms with van der Waals surface area (Å²) in [6.45, 7) is 8.39. The van der Waals surface area contributed by atoms with Gasteiger partial charge in [-0.05, 0) is 203 Å². The Morgan fingerprint density at radius 2 is 0.850 bits per heavy atom. The third-order valence-electron chi connectivity index (χ3n) is 15.6. The van der Waals surface area contributed by atoms with Gasteiger partial charge in [-0.3, -0.25) is 4.98 Å². The molecule has 80 heavy (non-hydrogen) atoms. The Kier molecular flexibility index (Phi) is 13.7. The third kappa shape index (κ3) is 9.46. The van der Waals surface area contributed by atoms with Gasteiger partial charge in [0, 0.05) is 94.4 Å². The second kappa shape index (κ2) is 21.1. The number of hydrogen-bond acceptors (Lipinski definition) is 4. The highest BCUT2D eigenvalue weighted by Crippen LogP contribution is 2.42. The number of benzene rings is 8. The fraction of sp³-hybridized carbons (Fsp3) is 0.0882. The van der Waals surface area contributed by atoms with E-state index < -0.39 is 7.12 Å². The van der Waals surface area contributed by atoms with Crippen LogP contribution in [0.5, 0.6) is 0 Å². The molecule has 1 aliphatic rings. The van der Waals surface area contributed by atoms with Crippen molar-refractivity contribution in [3.05, 3.63) is 256 Å². The lowest BCUT2D eigenvalue weighted by Gasteiger charge is -2.32. The Labute approximate surface area is 494 Å². The highest BCUT2D eigenvalue weighted by molar-refractivity contribution is 14.1. The lowest BCUT2D eigenvalue weighted by Crippen LogP contribution is -2.41. The minimum atomic E-state index is -0.396. The maximum absolute atomic E-state index is 6.39. The first-order valence-electron chi connectivity index (χ1n) is 26.5. The molecule has 0 unspecified atom stereocenters. The molecule has 15 rings (SSSR count). The van der Waals surface area contributed by atoms with Crippen LogP contribution in [0.15, 0.2) is 252 Å². The summed E-state index contributed by atoms with van der Waals surface area (Å²) >= 11 is 8.94. The second-order valence-corrected chi connectivity index (χ2v) is 23.9. The van der Waals surface area contributed by atoms with Crippen LogP contribution < -0.4 is 5.46 Å². The standard InChI is InChI=1S/C32H29BN2O2.C31H20BrN3.C5H3BrIN/c1-31(2)32(3,4)37-33(36-31)22-15-17-29-27(21-22)25-16-18-28-26(19-20-34(28)23-11-7-5-8-12-23)30(25)35(29)24-13-9-6-10-14-24;32-22-12-14-28(33-20-22)21-11-15-30-27(19-21)25-13-16-29-26(17-18-34(29)23-7-3-1-4-8-23)31(25)35(30)24-9-5-2-6-10-24;6-4-1-2-5(7)8-3-4/h5-21H,1-4H3;1-20H;1-3H. The average Bonchev–Trinajstić information content (AvgIpc) is 4.49. The Morgan fingerprint density at radius 1 is 0.412 bits per heavy atom. The molecule has 6 aromatic heterocycles. The van der Waals surface area contributed by atoms with Gasteiger partial charge in [-0.25, -0.2) is 4.98 Å². The molecular weight excluding hydrogens is 1230 g/mol. The lowest BCUT2D eigenvalue weighted by molar-refractivity contribution is 0.00578. The molecule has 8 nitrogen and oxygen atoms in total. The van der Waals surface area contributed by atoms with Crippen molar-refractivity contribution >= 4 is 132 Å². The largest absolute Gasteiger partial charge is 0.494 e. The molecule has 0 spiro atoms. The van der Waals surface area contributed by atoms with Crippen molar-refractivity contribution in [2.24, 2.45) is 0 Å². The maximum Gasteiger partial charge on any atom is 0.494 e. The predicted octanol–water partition coefficient (Wildman–Crippen LogP) is 18.0. The molecule has 0 atom stereocenters. The van der Waals surface area contributed by atoms with Crippen LogP contribution in [-0.2, 0) is 9.31 Å². The van der Waals surface area contributed by atoms with E-state index >= 15 is 0 Å². The van der Waals surface area contributed by atoms with E-state index in [0.717, 1.165) is 52.1 Å². The number of fused-ring (bicyclic) bond motifs is 10. The molecular formula is C68H52BBr2IN6O2. The van der Waals surface area contributed by atoms with Gasteiger partial charge in [0.1, 0.15) is 3.70 Å². The van der Waals surface area contributed by atoms with Gasteiger partial charge in [0.05, 0.1) is 50.0 Å². The van der Waals surface area contributed by atoms with E-state index in [1.165, 1.54) is 65.4 Å². The van der Waals surface area contributed by atoms with Crippen LogP contribution in [0.25, 0.3) is 99.4 Å². The Morgan fingerprint density at radius 3 is 1.30 bits per heavy atom. The lowest BCUT2D eigenvalue weighted by atomic mass is 9.78. The summed E-state index contributed by atoms with van der Waals surface area (Å²) in [6, 6.07) is 77.0. The number of pyridine rings is 2. The molecule has 390 valence electrons. The summed E-state index contributed by atoms with van der Waals surface area (Å²) in [5.41, 5.74) is 14.1. The second-order valence-electron chi connectivity index (χ2n) is 20.9. The Balaban J connectivity index is 0.000000133. The molecule has 14 aromatic rings. The quantitative estimate of drug-likeness (QED) is 0.0945. The highest BCUT2D eigenvalue weighted by atomic mass is 127. The zero-order valence-electron chi connectivity index (χ0n) is 44.3. The molecule has 0 bridgehead atoms. The van der Waals surface area contributed by atoms with E-state index in [4.69, 9.17) is 9.31 Å². The van der Waals surface area contributed by atoms with Gasteiger partial charge in [-0.15, -0.1) is 0 Å². The first-order valence-corrected chi connectivity index (χ1v) is 29.2. The molecule has 0 amide bonds. The molecule has 8 aromatic carbocycles. The predicted molar refractivity (Wildman–Crippen MR) is 347 cm³/mol. The van der Waals surface area contributed by atoms with Gasteiger partial charge in [-0.1, -0.05) is 103 Å². The van der Waals surface area contributed by atoms with Crippen LogP contribution in [0.4, 0.5) is 0 Å². The molecule has 7 heterocycles. The Bertz CT molecular complexity index is 4520. The SMILES string of the molecule is Brc1ccc(-c2ccc3c(c2)c2ccc4c(ccn4-c4ccccc4)c2n3-c2ccccc2)nc1.Brc1ccc(I)nc1.CC1(C)OB(c2ccc3c(c2)c2ccc4c(ccn4-c4ccccc4)c2n3-c2ccccc2)OC1(C)C. The van der Waals surface area contributed by atoms with Crippen LogP contribution in [-0.4, -0.2) is 46.6 Å². The number of halogens is 3. The van der Waals surface area contributed by atoms with E-state index in [2.05, 4.69) is 323 Å². The van der Waals surface area contributed by atoms with Crippen molar-refractivity contribution in [1.29, 1.82) is 0 Å². The van der Waals surface area contributed by atoms with Crippen LogP contribution in [0.1, 0.15) is 27.7 Å². The van der Waals surface area contributed by atoms with Crippen LogP contribution in [0.2, 0.25) is 0 Å². The summed E-state index contributed by atoms with van der Waals surface area (Å²) in [7, 11) is -0.396. The van der Waals surface area contributed by atoms with Crippen LogP contribution >= 0.6 is 54.5 Å². The van der Waals surface area contributed by atoms with E-state index in [-0.39, 0.29) is 11.2 Å². The summed E-state index contributed by atoms with van der Waals surface area (Å²) in [5, 5.41) is 7.32. The topological polar surface area (TPSA) is 64.0 Å². The van der Waals surface area contributed by atoms with Crippen molar-refractivity contribution in [2.75, 3.05) is 0 Å². The Hall–Kier alpha value is -7.59. The molecule has 0 saturated carbocycles. The van der Waals surface area contributed by atoms with Gasteiger partial charge >= 0.3 is 7.12 Å². The monoisotopic (exact) mass is 1280 g/mol. The van der Waals surface area contributed by atoms with Crippen molar-refractivity contribution in [3.63, 3.8) is 0 Å². The van der Waals surface area contributed by atoms with E-state index in [1.807, 2.05) is 24.4 Å². The number of hydrogen-bond donors (Lipinski definition) is 0. The number of aromatic nitrogens is 6. The highest BCUT2D eigenvalue weighted by Gasteiger charge is 2.51. The van der Waals surface area contributed by atoms with Crippen molar-refractivity contribution in [3.8, 4) is 34.0 Å². The van der Waals surface area contributed by atoms with E-state index in [0.29, 0.717) is 0 Å². The summed E-state index contributed by atoms with van der Waals surface area (Å²) in [6.07, 6.45) is 7.97. The van der Waals surface area contributed by atoms with Gasteiger partial charge in [0.15, 0.2) is 0 Å². The molecule has 12 heteroatoms. The average molecular weight is 1280 g/mol. The van der Waals surface area contributed by atoms with Gasteiger partial charge in [0.25, 0.3) is 0 Å². The van der Waals surface area contributed by atoms with Crippen molar-refractivity contribution < 1.29 is 9.31 Å². The molecule has 1 saturated heterocycles. The van der Waals surface area contributed by atoms with Gasteiger partial charge < -0.3 is 27.6 Å². The fourth-order valence-corrected chi connectivity index (χ4v) is 11.8. The number of rotatable bonds is 6. The maximum atomic E-state index is 6.39. The zero-order chi connectivity index (χ0) is 54.7. The van der Waals surface area contributed by atoms with Crippen LogP contribution in [0, 0.1) is 3.70 Å².